The van der Waals surface area contributed by atoms with E-state index < -0.39 is 5.97 Å². The molecule has 34 heavy (non-hydrogen) atoms. The van der Waals surface area contributed by atoms with Crippen LogP contribution in [0, 0.1) is 0 Å². The molecule has 0 bridgehead atoms. The van der Waals surface area contributed by atoms with Gasteiger partial charge in [-0.1, -0.05) is 18.2 Å². The van der Waals surface area contributed by atoms with E-state index in [4.69, 9.17) is 14.3 Å². The second kappa shape index (κ2) is 12.1. The van der Waals surface area contributed by atoms with E-state index in [1.165, 1.54) is 0 Å². The van der Waals surface area contributed by atoms with Gasteiger partial charge in [0.05, 0.1) is 18.4 Å². The Hall–Kier alpha value is -3.55. The molecule has 1 aromatic carbocycles. The third-order valence-electron chi connectivity index (χ3n) is 5.65. The molecular weight excluding hydrogens is 431 g/mol. The molecule has 0 aliphatic heterocycles. The Balaban J connectivity index is 1.71. The maximum absolute atomic E-state index is 13.5. The number of carbonyl (C=O) groups excluding carboxylic acids is 1. The van der Waals surface area contributed by atoms with E-state index in [0.717, 1.165) is 24.2 Å². The fourth-order valence-corrected chi connectivity index (χ4v) is 3.94. The minimum absolute atomic E-state index is 0.0451. The average Bonchev–Trinajstić information content (AvgIpc) is 3.36. The molecule has 8 heteroatoms. The number of para-hydroxylation sites is 1. The molecule has 0 spiro atoms. The zero-order valence-corrected chi connectivity index (χ0v) is 19.9. The van der Waals surface area contributed by atoms with Crippen LogP contribution in [0.5, 0.6) is 5.75 Å². The highest BCUT2D eigenvalue weighted by molar-refractivity contribution is 6.14. The number of aliphatic carboxylic acids is 1. The molecule has 178 valence electrons. The molecule has 1 N–H and O–H groups in total. The van der Waals surface area contributed by atoms with Crippen LogP contribution in [0.15, 0.2) is 65.4 Å². The number of nitrogens with zero attached hydrogens (tertiary/aromatic N) is 2. The highest BCUT2D eigenvalue weighted by Crippen LogP contribution is 2.30. The minimum atomic E-state index is -0.774. The van der Waals surface area contributed by atoms with E-state index >= 15 is 0 Å². The number of carboxylic acids is 1. The van der Waals surface area contributed by atoms with Gasteiger partial charge in [0.2, 0.25) is 0 Å². The van der Waals surface area contributed by atoms with Crippen LogP contribution in [0.4, 0.5) is 0 Å². The standard InChI is InChI=1S/C26H31BN2O5/c1-18(2)29(26(32)19-13-14-21(28-17-19)23-11-8-16-34-23)25(27)20-9-5-6-10-22(20)33-15-7-3-4-12-24(30)31/h5-6,8-11,13-14,16-18,25H,3-4,7,12,15,27H2,1-2H3,(H,30,31). The number of rotatable bonds is 12. The summed E-state index contributed by atoms with van der Waals surface area (Å²) in [5.41, 5.74) is 2.11. The first-order valence-electron chi connectivity index (χ1n) is 11.6. The van der Waals surface area contributed by atoms with Gasteiger partial charge in [-0.15, -0.1) is 0 Å². The van der Waals surface area contributed by atoms with Crippen molar-refractivity contribution >= 4 is 19.7 Å². The summed E-state index contributed by atoms with van der Waals surface area (Å²) in [5.74, 6) is 0.286. The normalized spacial score (nSPS) is 11.9. The smallest absolute Gasteiger partial charge is 0.303 e. The van der Waals surface area contributed by atoms with Crippen LogP contribution in [0.2, 0.25) is 0 Å². The lowest BCUT2D eigenvalue weighted by atomic mass is 9.85. The molecule has 2 heterocycles. The Morgan fingerprint density at radius 1 is 1.09 bits per heavy atom. The van der Waals surface area contributed by atoms with Crippen molar-refractivity contribution in [1.82, 2.24) is 9.88 Å². The number of amides is 1. The molecule has 0 fully saturated rings. The molecule has 1 atom stereocenters. The SMILES string of the molecule is BC(c1ccccc1OCCCCCC(=O)O)N(C(=O)c1ccc(-c2ccco2)nc1)C(C)C. The quantitative estimate of drug-likeness (QED) is 0.314. The van der Waals surface area contributed by atoms with E-state index in [9.17, 15) is 9.59 Å². The summed E-state index contributed by atoms with van der Waals surface area (Å²) in [5, 5.41) is 8.75. The Labute approximate surface area is 201 Å². The summed E-state index contributed by atoms with van der Waals surface area (Å²) < 4.78 is 11.4. The summed E-state index contributed by atoms with van der Waals surface area (Å²) in [6.45, 7) is 4.48. The number of unbranched alkanes of at least 4 members (excludes halogenated alkanes) is 2. The van der Waals surface area contributed by atoms with Crippen LogP contribution in [0.1, 0.15) is 61.4 Å². The number of aromatic nitrogens is 1. The fraction of sp³-hybridized carbons (Fsp3) is 0.346. The number of furan rings is 1. The third kappa shape index (κ3) is 6.50. The van der Waals surface area contributed by atoms with Crippen LogP contribution in [-0.2, 0) is 4.79 Å². The van der Waals surface area contributed by atoms with E-state index in [2.05, 4.69) is 4.98 Å². The van der Waals surface area contributed by atoms with Gasteiger partial charge in [0, 0.05) is 30.2 Å². The van der Waals surface area contributed by atoms with Crippen molar-refractivity contribution in [3.8, 4) is 17.2 Å². The molecule has 2 aromatic heterocycles. The van der Waals surface area contributed by atoms with Gasteiger partial charge in [-0.2, -0.15) is 0 Å². The van der Waals surface area contributed by atoms with Crippen molar-refractivity contribution in [3.63, 3.8) is 0 Å². The molecule has 0 aliphatic rings. The highest BCUT2D eigenvalue weighted by atomic mass is 16.5. The molecule has 0 saturated carbocycles. The maximum atomic E-state index is 13.5. The lowest BCUT2D eigenvalue weighted by Crippen LogP contribution is -2.40. The van der Waals surface area contributed by atoms with Gasteiger partial charge in [0.15, 0.2) is 5.76 Å². The first-order valence-corrected chi connectivity index (χ1v) is 11.6. The van der Waals surface area contributed by atoms with Gasteiger partial charge in [-0.3, -0.25) is 14.6 Å². The second-order valence-electron chi connectivity index (χ2n) is 8.48. The topological polar surface area (TPSA) is 92.9 Å². The molecule has 0 saturated heterocycles. The number of carbonyl (C=O) groups is 2. The van der Waals surface area contributed by atoms with Crippen LogP contribution >= 0.6 is 0 Å². The second-order valence-corrected chi connectivity index (χ2v) is 8.48. The average molecular weight is 462 g/mol. The van der Waals surface area contributed by atoms with E-state index in [1.54, 1.807) is 30.7 Å². The van der Waals surface area contributed by atoms with Crippen molar-refractivity contribution in [2.24, 2.45) is 0 Å². The van der Waals surface area contributed by atoms with Gasteiger partial charge >= 0.3 is 5.97 Å². The lowest BCUT2D eigenvalue weighted by Gasteiger charge is -2.34. The summed E-state index contributed by atoms with van der Waals surface area (Å²) in [4.78, 5) is 30.4. The van der Waals surface area contributed by atoms with Crippen LogP contribution in [0.25, 0.3) is 11.5 Å². The molecule has 7 nitrogen and oxygen atoms in total. The zero-order chi connectivity index (χ0) is 24.5. The van der Waals surface area contributed by atoms with Gasteiger partial charge in [-0.05, 0) is 63.4 Å². The van der Waals surface area contributed by atoms with Gasteiger partial charge < -0.3 is 19.2 Å². The largest absolute Gasteiger partial charge is 0.493 e. The van der Waals surface area contributed by atoms with Crippen molar-refractivity contribution in [2.75, 3.05) is 6.61 Å². The molecule has 0 radical (unpaired) electrons. The maximum Gasteiger partial charge on any atom is 0.303 e. The molecule has 3 aromatic rings. The predicted octanol–water partition coefficient (Wildman–Crippen LogP) is 4.55. The summed E-state index contributed by atoms with van der Waals surface area (Å²) in [6.07, 6.45) is 5.56. The van der Waals surface area contributed by atoms with Gasteiger partial charge in [0.1, 0.15) is 19.3 Å². The van der Waals surface area contributed by atoms with Crippen molar-refractivity contribution < 1.29 is 23.8 Å². The molecule has 3 rings (SSSR count). The summed E-state index contributed by atoms with van der Waals surface area (Å²) in [6, 6.07) is 14.9. The number of hydrogen-bond donors (Lipinski definition) is 1. The summed E-state index contributed by atoms with van der Waals surface area (Å²) >= 11 is 0. The Morgan fingerprint density at radius 3 is 2.53 bits per heavy atom. The predicted molar refractivity (Wildman–Crippen MR) is 133 cm³/mol. The number of pyridine rings is 1. The van der Waals surface area contributed by atoms with Crippen LogP contribution < -0.4 is 4.74 Å². The summed E-state index contributed by atoms with van der Waals surface area (Å²) in [7, 11) is 2.00. The van der Waals surface area contributed by atoms with E-state index in [1.807, 2.05) is 56.9 Å². The Bertz CT molecular complexity index is 1070. The number of ether oxygens (including phenoxy) is 1. The highest BCUT2D eigenvalue weighted by Gasteiger charge is 2.27. The van der Waals surface area contributed by atoms with Crippen LogP contribution in [-0.4, -0.2) is 47.4 Å². The van der Waals surface area contributed by atoms with Crippen LogP contribution in [0.3, 0.4) is 0 Å². The number of hydrogen-bond acceptors (Lipinski definition) is 5. The third-order valence-corrected chi connectivity index (χ3v) is 5.65. The number of benzene rings is 1. The number of carboxylic acid groups (broad SMARTS) is 1. The Morgan fingerprint density at radius 2 is 1.88 bits per heavy atom. The Kier molecular flexibility index (Phi) is 8.90. The lowest BCUT2D eigenvalue weighted by molar-refractivity contribution is -0.137. The first kappa shape index (κ1) is 25.1. The minimum Gasteiger partial charge on any atom is -0.493 e. The van der Waals surface area contributed by atoms with E-state index in [-0.39, 0.29) is 24.3 Å². The first-order chi connectivity index (χ1) is 16.4. The zero-order valence-electron chi connectivity index (χ0n) is 19.9. The fourth-order valence-electron chi connectivity index (χ4n) is 3.94. The van der Waals surface area contributed by atoms with Crippen molar-refractivity contribution in [1.29, 1.82) is 0 Å². The molecular formula is C26H31BN2O5. The van der Waals surface area contributed by atoms with E-state index in [0.29, 0.717) is 30.0 Å². The van der Waals surface area contributed by atoms with Crippen molar-refractivity contribution in [2.45, 2.75) is 51.5 Å². The van der Waals surface area contributed by atoms with Crippen molar-refractivity contribution in [3.05, 3.63) is 72.1 Å². The van der Waals surface area contributed by atoms with Gasteiger partial charge in [-0.25, -0.2) is 0 Å². The van der Waals surface area contributed by atoms with Gasteiger partial charge in [0.25, 0.3) is 5.91 Å². The monoisotopic (exact) mass is 462 g/mol. The molecule has 0 aliphatic carbocycles. The molecule has 1 unspecified atom stereocenters. The molecule has 1 amide bonds.